The second-order valence-corrected chi connectivity index (χ2v) is 10.3. The van der Waals surface area contributed by atoms with E-state index in [1.165, 1.54) is 12.1 Å². The average Bonchev–Trinajstić information content (AvgIpc) is 2.92. The Hall–Kier alpha value is -2.23. The zero-order valence-corrected chi connectivity index (χ0v) is 20.2. The molecule has 2 fully saturated rings. The van der Waals surface area contributed by atoms with Crippen molar-refractivity contribution in [3.8, 4) is 0 Å². The molecule has 10 heteroatoms. The van der Waals surface area contributed by atoms with Crippen LogP contribution in [0.5, 0.6) is 0 Å². The summed E-state index contributed by atoms with van der Waals surface area (Å²) in [5, 5.41) is 5.95. The molecule has 5 nitrogen and oxygen atoms in total. The Labute approximate surface area is 202 Å². The highest BCUT2D eigenvalue weighted by Crippen LogP contribution is 2.38. The van der Waals surface area contributed by atoms with Crippen molar-refractivity contribution >= 4 is 35.8 Å². The molecule has 1 unspecified atom stereocenters. The van der Waals surface area contributed by atoms with E-state index in [2.05, 4.69) is 10.6 Å². The van der Waals surface area contributed by atoms with Crippen molar-refractivity contribution in [1.82, 2.24) is 5.32 Å². The average molecular weight is 495 g/mol. The number of benzene rings is 2. The van der Waals surface area contributed by atoms with Crippen LogP contribution in [0.25, 0.3) is 0 Å². The van der Waals surface area contributed by atoms with Crippen LogP contribution >= 0.6 is 11.6 Å². The van der Waals surface area contributed by atoms with Gasteiger partial charge in [0.1, 0.15) is 11.9 Å². The van der Waals surface area contributed by atoms with Gasteiger partial charge in [-0.1, -0.05) is 35.9 Å². The molecule has 1 amide bonds. The summed E-state index contributed by atoms with van der Waals surface area (Å²) >= 11 is 6.31. The van der Waals surface area contributed by atoms with Crippen molar-refractivity contribution in [2.75, 3.05) is 5.32 Å². The first-order valence-electron chi connectivity index (χ1n) is 11.1. The third kappa shape index (κ3) is 4.92. The van der Waals surface area contributed by atoms with E-state index in [0.717, 1.165) is 0 Å². The lowest BCUT2D eigenvalue weighted by Gasteiger charge is -2.36. The van der Waals surface area contributed by atoms with E-state index in [1.807, 2.05) is 27.7 Å². The summed E-state index contributed by atoms with van der Waals surface area (Å²) in [6.07, 6.45) is -0.823. The number of amides is 1. The molecule has 1 aliphatic carbocycles. The lowest BCUT2D eigenvalue weighted by molar-refractivity contribution is -0.130. The summed E-state index contributed by atoms with van der Waals surface area (Å²) in [5.74, 6) is -3.86. The summed E-state index contributed by atoms with van der Waals surface area (Å²) in [4.78, 5) is 13.0. The minimum absolute atomic E-state index is 0.236. The van der Waals surface area contributed by atoms with E-state index in [4.69, 9.17) is 20.9 Å². The molecule has 34 heavy (non-hydrogen) atoms. The number of anilines is 1. The van der Waals surface area contributed by atoms with Crippen LogP contribution in [-0.4, -0.2) is 36.2 Å². The molecule has 182 valence electrons. The van der Waals surface area contributed by atoms with Gasteiger partial charge in [0.2, 0.25) is 5.91 Å². The zero-order valence-electron chi connectivity index (χ0n) is 19.4. The van der Waals surface area contributed by atoms with E-state index in [0.29, 0.717) is 16.3 Å². The number of hydrogen-bond donors (Lipinski definition) is 2. The number of carbonyl (C=O) groups is 1. The first-order valence-corrected chi connectivity index (χ1v) is 11.5. The van der Waals surface area contributed by atoms with E-state index >= 15 is 4.39 Å². The van der Waals surface area contributed by atoms with E-state index in [9.17, 15) is 13.6 Å². The molecule has 1 atom stereocenters. The molecule has 1 saturated carbocycles. The minimum Gasteiger partial charge on any atom is -0.399 e. The fourth-order valence-electron chi connectivity index (χ4n) is 3.99. The molecule has 2 aliphatic rings. The quantitative estimate of drug-likeness (QED) is 0.564. The summed E-state index contributed by atoms with van der Waals surface area (Å²) in [6.45, 7) is 7.52. The minimum atomic E-state index is -2.77. The van der Waals surface area contributed by atoms with Crippen molar-refractivity contribution in [3.05, 3.63) is 58.9 Å². The number of alkyl halides is 2. The SMILES string of the molecule is CC1(C)OB(c2ccc(NC(C(=O)NC3CC(F)(F)C3)c3ccccc3Cl)cc2F)OC1(C)C. The monoisotopic (exact) mass is 494 g/mol. The third-order valence-corrected chi connectivity index (χ3v) is 7.08. The van der Waals surface area contributed by atoms with Gasteiger partial charge in [0.25, 0.3) is 5.92 Å². The molecule has 0 bridgehead atoms. The largest absolute Gasteiger partial charge is 0.497 e. The molecule has 2 aromatic rings. The van der Waals surface area contributed by atoms with Crippen molar-refractivity contribution in [1.29, 1.82) is 0 Å². The number of hydrogen-bond acceptors (Lipinski definition) is 4. The number of nitrogens with one attached hydrogen (secondary N) is 2. The van der Waals surface area contributed by atoms with Gasteiger partial charge in [0.05, 0.1) is 11.2 Å². The van der Waals surface area contributed by atoms with Gasteiger partial charge in [0, 0.05) is 40.6 Å². The van der Waals surface area contributed by atoms with Crippen molar-refractivity contribution in [3.63, 3.8) is 0 Å². The van der Waals surface area contributed by atoms with Crippen molar-refractivity contribution < 1.29 is 27.3 Å². The Bertz CT molecular complexity index is 1070. The maximum absolute atomic E-state index is 15.1. The van der Waals surface area contributed by atoms with Crippen LogP contribution in [0.15, 0.2) is 42.5 Å². The Kier molecular flexibility index (Phi) is 6.42. The first kappa shape index (κ1) is 24.9. The summed E-state index contributed by atoms with van der Waals surface area (Å²) in [7, 11) is -0.873. The van der Waals surface area contributed by atoms with Crippen LogP contribution in [0.4, 0.5) is 18.9 Å². The third-order valence-electron chi connectivity index (χ3n) is 6.73. The van der Waals surface area contributed by atoms with Gasteiger partial charge >= 0.3 is 7.12 Å². The normalized spacial score (nSPS) is 21.6. The number of rotatable bonds is 6. The fourth-order valence-corrected chi connectivity index (χ4v) is 4.23. The highest BCUT2D eigenvalue weighted by Gasteiger charge is 2.52. The molecule has 0 spiro atoms. The molecule has 2 N–H and O–H groups in total. The Morgan fingerprint density at radius 1 is 1.09 bits per heavy atom. The summed E-state index contributed by atoms with van der Waals surface area (Å²) in [6, 6.07) is 9.46. The molecule has 1 heterocycles. The Morgan fingerprint density at radius 2 is 1.71 bits per heavy atom. The van der Waals surface area contributed by atoms with Gasteiger partial charge in [-0.2, -0.15) is 0 Å². The van der Waals surface area contributed by atoms with Crippen LogP contribution in [0.3, 0.4) is 0 Å². The standard InChI is InChI=1S/C24H27BClF3N2O3/c1-22(2)23(3,4)34-25(33-22)17-10-9-14(11-19(17)27)30-20(16-7-5-6-8-18(16)26)21(32)31-15-12-24(28,29)13-15/h5-11,15,20,30H,12-13H2,1-4H3,(H,31,32). The Balaban J connectivity index is 1.55. The lowest BCUT2D eigenvalue weighted by atomic mass is 9.78. The molecular weight excluding hydrogens is 468 g/mol. The predicted molar refractivity (Wildman–Crippen MR) is 126 cm³/mol. The molecule has 2 aromatic carbocycles. The van der Waals surface area contributed by atoms with Crippen LogP contribution in [0, 0.1) is 5.82 Å². The molecular formula is C24H27BClF3N2O3. The summed E-state index contributed by atoms with van der Waals surface area (Å²) in [5.41, 5.74) is -0.237. The van der Waals surface area contributed by atoms with Gasteiger partial charge in [-0.15, -0.1) is 0 Å². The fraction of sp³-hybridized carbons (Fsp3) is 0.458. The van der Waals surface area contributed by atoms with Crippen LogP contribution in [0.1, 0.15) is 52.1 Å². The maximum Gasteiger partial charge on any atom is 0.497 e. The zero-order chi connectivity index (χ0) is 24.9. The molecule has 0 aromatic heterocycles. The predicted octanol–water partition coefficient (Wildman–Crippen LogP) is 4.85. The second kappa shape index (κ2) is 8.77. The maximum atomic E-state index is 15.1. The van der Waals surface area contributed by atoms with Gasteiger partial charge in [-0.3, -0.25) is 4.79 Å². The number of carbonyl (C=O) groups excluding carboxylic acids is 1. The lowest BCUT2D eigenvalue weighted by Crippen LogP contribution is -2.52. The molecule has 4 rings (SSSR count). The molecule has 0 radical (unpaired) electrons. The van der Waals surface area contributed by atoms with Gasteiger partial charge in [-0.05, 0) is 45.9 Å². The second-order valence-electron chi connectivity index (χ2n) is 9.89. The highest BCUT2D eigenvalue weighted by molar-refractivity contribution is 6.62. The van der Waals surface area contributed by atoms with Crippen LogP contribution in [-0.2, 0) is 14.1 Å². The topological polar surface area (TPSA) is 59.6 Å². The smallest absolute Gasteiger partial charge is 0.399 e. The van der Waals surface area contributed by atoms with Crippen LogP contribution < -0.4 is 16.1 Å². The highest BCUT2D eigenvalue weighted by atomic mass is 35.5. The first-order chi connectivity index (χ1) is 15.8. The van der Waals surface area contributed by atoms with Crippen molar-refractivity contribution in [2.45, 2.75) is 69.7 Å². The van der Waals surface area contributed by atoms with E-state index in [1.54, 1.807) is 30.3 Å². The molecule has 1 aliphatic heterocycles. The van der Waals surface area contributed by atoms with Gasteiger partial charge < -0.3 is 19.9 Å². The van der Waals surface area contributed by atoms with E-state index < -0.39 is 60.9 Å². The summed E-state index contributed by atoms with van der Waals surface area (Å²) < 4.78 is 53.4. The molecule has 1 saturated heterocycles. The van der Waals surface area contributed by atoms with Gasteiger partial charge in [-0.25, -0.2) is 13.2 Å². The van der Waals surface area contributed by atoms with Crippen LogP contribution in [0.2, 0.25) is 5.02 Å². The number of halogens is 4. The van der Waals surface area contributed by atoms with E-state index in [-0.39, 0.29) is 5.46 Å². The Morgan fingerprint density at radius 3 is 2.26 bits per heavy atom. The van der Waals surface area contributed by atoms with Gasteiger partial charge in [0.15, 0.2) is 0 Å². The van der Waals surface area contributed by atoms with Crippen molar-refractivity contribution in [2.24, 2.45) is 0 Å².